The maximum atomic E-state index is 12.8. The first-order valence-corrected chi connectivity index (χ1v) is 12.6. The predicted octanol–water partition coefficient (Wildman–Crippen LogP) is 7.82. The van der Waals surface area contributed by atoms with Gasteiger partial charge in [0.25, 0.3) is 0 Å². The zero-order valence-corrected chi connectivity index (χ0v) is 20.5. The molecule has 0 spiro atoms. The van der Waals surface area contributed by atoms with Gasteiger partial charge in [0.1, 0.15) is 6.10 Å². The highest BCUT2D eigenvalue weighted by molar-refractivity contribution is 5.89. The molecule has 0 aromatic heterocycles. The molecule has 1 aromatic rings. The highest BCUT2D eigenvalue weighted by Gasteiger charge is 2.57. The molecule has 0 aliphatic heterocycles. The number of allylic oxidation sites excluding steroid dienone is 6. The number of hydrogen-bond donors (Lipinski definition) is 0. The van der Waals surface area contributed by atoms with Crippen LogP contribution in [0.4, 0.5) is 0 Å². The second-order valence-electron chi connectivity index (χ2n) is 11.6. The zero-order valence-electron chi connectivity index (χ0n) is 20.5. The van der Waals surface area contributed by atoms with Gasteiger partial charge in [0.15, 0.2) is 0 Å². The molecule has 4 aliphatic rings. The molecule has 32 heavy (non-hydrogen) atoms. The van der Waals surface area contributed by atoms with Crippen LogP contribution in [0, 0.1) is 22.2 Å². The van der Waals surface area contributed by atoms with Crippen LogP contribution in [0.25, 0.3) is 0 Å². The summed E-state index contributed by atoms with van der Waals surface area (Å²) in [5, 5.41) is 0. The van der Waals surface area contributed by atoms with Crippen molar-refractivity contribution in [1.82, 2.24) is 0 Å². The fourth-order valence-electron chi connectivity index (χ4n) is 7.97. The number of ether oxygens (including phenoxy) is 1. The fourth-order valence-corrected chi connectivity index (χ4v) is 7.97. The van der Waals surface area contributed by atoms with Gasteiger partial charge in [-0.15, -0.1) is 0 Å². The van der Waals surface area contributed by atoms with E-state index >= 15 is 0 Å². The Morgan fingerprint density at radius 2 is 1.78 bits per heavy atom. The van der Waals surface area contributed by atoms with E-state index in [0.29, 0.717) is 11.5 Å². The van der Waals surface area contributed by atoms with Crippen molar-refractivity contribution in [2.24, 2.45) is 22.2 Å². The zero-order chi connectivity index (χ0) is 22.7. The van der Waals surface area contributed by atoms with Gasteiger partial charge in [-0.3, -0.25) is 0 Å². The summed E-state index contributed by atoms with van der Waals surface area (Å²) in [7, 11) is 0. The van der Waals surface area contributed by atoms with Gasteiger partial charge in [-0.2, -0.15) is 0 Å². The standard InChI is InChI=1S/C30H38O2/c1-6-21-12-14-23-22-13-15-25-28(2,3)26(32-27(31)20-10-8-7-9-11-20)17-19-30(25,5)24(22)16-18-29(21,23)4/h6-11,14,25-26H,12-13,15-19H2,1-5H3/t25-,26-,29+,30+/m0/s1. The second kappa shape index (κ2) is 7.47. The lowest BCUT2D eigenvalue weighted by Crippen LogP contribution is -2.54. The Hall–Kier alpha value is -2.09. The molecule has 170 valence electrons. The molecule has 4 atom stereocenters. The number of fused-ring (bicyclic) bond motifs is 4. The molecule has 1 aromatic carbocycles. The molecule has 0 bridgehead atoms. The summed E-state index contributed by atoms with van der Waals surface area (Å²) in [4.78, 5) is 12.8. The van der Waals surface area contributed by atoms with Crippen LogP contribution in [0.2, 0.25) is 0 Å². The molecule has 0 amide bonds. The number of benzene rings is 1. The Labute approximate surface area is 193 Å². The minimum Gasteiger partial charge on any atom is -0.458 e. The van der Waals surface area contributed by atoms with E-state index in [1.165, 1.54) is 25.7 Å². The number of hydrogen-bond acceptors (Lipinski definition) is 2. The Morgan fingerprint density at radius 1 is 1.03 bits per heavy atom. The first kappa shape index (κ1) is 21.7. The average molecular weight is 431 g/mol. The van der Waals surface area contributed by atoms with E-state index in [-0.39, 0.29) is 28.3 Å². The lowest BCUT2D eigenvalue weighted by atomic mass is 9.46. The number of carbonyl (C=O) groups excluding carboxylic acids is 1. The summed E-state index contributed by atoms with van der Waals surface area (Å²) in [5.41, 5.74) is 7.77. The molecule has 1 fully saturated rings. The molecule has 2 nitrogen and oxygen atoms in total. The third-order valence-corrected chi connectivity index (χ3v) is 9.80. The molecule has 0 unspecified atom stereocenters. The number of rotatable bonds is 2. The quantitative estimate of drug-likeness (QED) is 0.353. The maximum absolute atomic E-state index is 12.8. The smallest absolute Gasteiger partial charge is 0.338 e. The van der Waals surface area contributed by atoms with E-state index in [0.717, 1.165) is 19.3 Å². The van der Waals surface area contributed by atoms with Crippen LogP contribution in [0.3, 0.4) is 0 Å². The Kier molecular flexibility index (Phi) is 5.07. The minimum absolute atomic E-state index is 0.0235. The van der Waals surface area contributed by atoms with Crippen molar-refractivity contribution in [3.63, 3.8) is 0 Å². The lowest BCUT2D eigenvalue weighted by Gasteiger charge is -2.59. The molecule has 4 aliphatic carbocycles. The molecule has 2 heteroatoms. The van der Waals surface area contributed by atoms with Gasteiger partial charge < -0.3 is 4.74 Å². The highest BCUT2D eigenvalue weighted by Crippen LogP contribution is 2.66. The predicted molar refractivity (Wildman–Crippen MR) is 130 cm³/mol. The van der Waals surface area contributed by atoms with Gasteiger partial charge in [-0.05, 0) is 86.5 Å². The summed E-state index contributed by atoms with van der Waals surface area (Å²) in [6.07, 6.45) is 12.9. The van der Waals surface area contributed by atoms with E-state index < -0.39 is 0 Å². The Balaban J connectivity index is 1.44. The van der Waals surface area contributed by atoms with Crippen molar-refractivity contribution in [2.75, 3.05) is 0 Å². The molecule has 0 saturated heterocycles. The van der Waals surface area contributed by atoms with E-state index in [1.54, 1.807) is 22.3 Å². The van der Waals surface area contributed by atoms with Crippen LogP contribution in [0.15, 0.2) is 64.8 Å². The maximum Gasteiger partial charge on any atom is 0.338 e. The van der Waals surface area contributed by atoms with Crippen LogP contribution in [0.5, 0.6) is 0 Å². The number of esters is 1. The summed E-state index contributed by atoms with van der Waals surface area (Å²) in [6, 6.07) is 9.46. The van der Waals surface area contributed by atoms with E-state index in [4.69, 9.17) is 4.74 Å². The van der Waals surface area contributed by atoms with Gasteiger partial charge >= 0.3 is 5.97 Å². The minimum atomic E-state index is -0.175. The Bertz CT molecular complexity index is 1020. The van der Waals surface area contributed by atoms with E-state index in [9.17, 15) is 4.79 Å². The molecular formula is C30H38O2. The fraction of sp³-hybridized carbons (Fsp3) is 0.567. The first-order valence-electron chi connectivity index (χ1n) is 12.6. The molecule has 1 saturated carbocycles. The summed E-state index contributed by atoms with van der Waals surface area (Å²) < 4.78 is 6.16. The van der Waals surface area contributed by atoms with Crippen LogP contribution in [-0.4, -0.2) is 12.1 Å². The highest BCUT2D eigenvalue weighted by atomic mass is 16.5. The van der Waals surface area contributed by atoms with Crippen molar-refractivity contribution >= 4 is 5.97 Å². The van der Waals surface area contributed by atoms with Gasteiger partial charge in [-0.25, -0.2) is 4.79 Å². The van der Waals surface area contributed by atoms with Crippen molar-refractivity contribution in [1.29, 1.82) is 0 Å². The number of carbonyl (C=O) groups is 1. The van der Waals surface area contributed by atoms with Crippen LogP contribution in [0.1, 0.15) is 89.9 Å². The third kappa shape index (κ3) is 3.01. The molecular weight excluding hydrogens is 392 g/mol. The van der Waals surface area contributed by atoms with Crippen LogP contribution >= 0.6 is 0 Å². The average Bonchev–Trinajstić information content (AvgIpc) is 3.12. The van der Waals surface area contributed by atoms with Crippen molar-refractivity contribution in [3.8, 4) is 0 Å². The first-order chi connectivity index (χ1) is 15.2. The summed E-state index contributed by atoms with van der Waals surface area (Å²) in [6.45, 7) is 11.9. The van der Waals surface area contributed by atoms with Crippen molar-refractivity contribution in [3.05, 3.63) is 70.3 Å². The SMILES string of the molecule is CC=C1CC=C2C3=C(CC[C@]12C)[C@@]1(C)CC[C@H](OC(=O)c2ccccc2)C(C)(C)[C@@H]1CC3. The molecule has 0 radical (unpaired) electrons. The van der Waals surface area contributed by atoms with E-state index in [2.05, 4.69) is 46.8 Å². The Morgan fingerprint density at radius 3 is 2.50 bits per heavy atom. The van der Waals surface area contributed by atoms with Gasteiger partial charge in [0.2, 0.25) is 0 Å². The topological polar surface area (TPSA) is 26.3 Å². The molecule has 0 heterocycles. The molecule has 5 rings (SSSR count). The van der Waals surface area contributed by atoms with Gasteiger partial charge in [0.05, 0.1) is 5.56 Å². The van der Waals surface area contributed by atoms with Crippen LogP contribution in [-0.2, 0) is 4.74 Å². The summed E-state index contributed by atoms with van der Waals surface area (Å²) >= 11 is 0. The summed E-state index contributed by atoms with van der Waals surface area (Å²) in [5.74, 6) is 0.370. The normalized spacial score (nSPS) is 36.8. The van der Waals surface area contributed by atoms with Gasteiger partial charge in [0, 0.05) is 10.8 Å². The monoisotopic (exact) mass is 430 g/mol. The second-order valence-corrected chi connectivity index (χ2v) is 11.6. The van der Waals surface area contributed by atoms with Gasteiger partial charge in [-0.1, -0.05) is 69.2 Å². The third-order valence-electron chi connectivity index (χ3n) is 9.80. The molecule has 0 N–H and O–H groups in total. The lowest BCUT2D eigenvalue weighted by molar-refractivity contribution is -0.0989. The van der Waals surface area contributed by atoms with E-state index in [1.807, 2.05) is 30.3 Å². The van der Waals surface area contributed by atoms with Crippen molar-refractivity contribution < 1.29 is 9.53 Å². The largest absolute Gasteiger partial charge is 0.458 e. The van der Waals surface area contributed by atoms with Crippen LogP contribution < -0.4 is 0 Å². The van der Waals surface area contributed by atoms with Crippen molar-refractivity contribution in [2.45, 2.75) is 85.7 Å².